The second-order valence-electron chi connectivity index (χ2n) is 6.72. The number of nitrogens with zero attached hydrogens (tertiary/aromatic N) is 2. The Labute approximate surface area is 134 Å². The van der Waals surface area contributed by atoms with Crippen LogP contribution >= 0.6 is 0 Å². The third-order valence-electron chi connectivity index (χ3n) is 4.70. The maximum atomic E-state index is 5.80. The van der Waals surface area contributed by atoms with E-state index in [-0.39, 0.29) is 5.60 Å². The fraction of sp³-hybridized carbons (Fsp3) is 0.938. The second kappa shape index (κ2) is 8.13. The molecule has 0 aromatic rings. The van der Waals surface area contributed by atoms with E-state index in [4.69, 9.17) is 9.47 Å². The Morgan fingerprint density at radius 3 is 2.86 bits per heavy atom. The molecule has 0 spiro atoms. The van der Waals surface area contributed by atoms with Crippen LogP contribution < -0.4 is 10.6 Å². The van der Waals surface area contributed by atoms with Crippen molar-refractivity contribution in [3.8, 4) is 0 Å². The Hall–Kier alpha value is -0.850. The lowest BCUT2D eigenvalue weighted by Gasteiger charge is -2.38. The maximum Gasteiger partial charge on any atom is 0.191 e. The largest absolute Gasteiger partial charge is 0.379 e. The van der Waals surface area contributed by atoms with Crippen molar-refractivity contribution < 1.29 is 9.47 Å². The number of hydrogen-bond donors (Lipinski definition) is 2. The predicted octanol–water partition coefficient (Wildman–Crippen LogP) is 0.830. The molecule has 3 unspecified atom stereocenters. The molecule has 2 aliphatic heterocycles. The van der Waals surface area contributed by atoms with Crippen molar-refractivity contribution in [2.75, 3.05) is 46.5 Å². The van der Waals surface area contributed by atoms with E-state index in [1.54, 1.807) is 0 Å². The first kappa shape index (κ1) is 17.5. The molecule has 2 aliphatic rings. The summed E-state index contributed by atoms with van der Waals surface area (Å²) in [7, 11) is 1.81. The van der Waals surface area contributed by atoms with Crippen LogP contribution in [0.3, 0.4) is 0 Å². The Morgan fingerprint density at radius 1 is 1.41 bits per heavy atom. The fourth-order valence-corrected chi connectivity index (χ4v) is 3.22. The predicted molar refractivity (Wildman–Crippen MR) is 89.4 cm³/mol. The van der Waals surface area contributed by atoms with E-state index < -0.39 is 0 Å². The fourth-order valence-electron chi connectivity index (χ4n) is 3.22. The average molecular weight is 312 g/mol. The van der Waals surface area contributed by atoms with E-state index in [0.717, 1.165) is 58.3 Å². The Morgan fingerprint density at radius 2 is 2.23 bits per heavy atom. The van der Waals surface area contributed by atoms with Crippen molar-refractivity contribution in [2.24, 2.45) is 4.99 Å². The molecule has 2 heterocycles. The summed E-state index contributed by atoms with van der Waals surface area (Å²) in [4.78, 5) is 6.80. The highest BCUT2D eigenvalue weighted by Gasteiger charge is 2.30. The molecule has 3 atom stereocenters. The quantitative estimate of drug-likeness (QED) is 0.582. The minimum Gasteiger partial charge on any atom is -0.379 e. The summed E-state index contributed by atoms with van der Waals surface area (Å²) < 4.78 is 11.3. The lowest BCUT2D eigenvalue weighted by molar-refractivity contribution is -0.0174. The van der Waals surface area contributed by atoms with Gasteiger partial charge in [-0.05, 0) is 33.6 Å². The molecule has 22 heavy (non-hydrogen) atoms. The number of aliphatic imine (C=N–C) groups is 1. The van der Waals surface area contributed by atoms with Crippen LogP contribution in [0.5, 0.6) is 0 Å². The van der Waals surface area contributed by atoms with Crippen LogP contribution in [0.4, 0.5) is 0 Å². The molecule has 2 N–H and O–H groups in total. The van der Waals surface area contributed by atoms with Gasteiger partial charge < -0.3 is 20.1 Å². The van der Waals surface area contributed by atoms with Gasteiger partial charge in [-0.1, -0.05) is 0 Å². The molecule has 0 radical (unpaired) electrons. The first-order valence-electron chi connectivity index (χ1n) is 8.46. The standard InChI is InChI=1S/C16H32N4O2/c1-13(20-7-9-21-11-14(20)2)10-18-15(17-4)19-12-16(3)6-5-8-22-16/h13-14H,5-12H2,1-4H3,(H2,17,18,19). The number of ether oxygens (including phenoxy) is 2. The summed E-state index contributed by atoms with van der Waals surface area (Å²) in [6.07, 6.45) is 2.26. The highest BCUT2D eigenvalue weighted by Crippen LogP contribution is 2.23. The van der Waals surface area contributed by atoms with Crippen LogP contribution in [0.25, 0.3) is 0 Å². The van der Waals surface area contributed by atoms with Gasteiger partial charge in [-0.25, -0.2) is 0 Å². The summed E-state index contributed by atoms with van der Waals surface area (Å²) in [5.41, 5.74) is -0.0536. The first-order chi connectivity index (χ1) is 10.5. The summed E-state index contributed by atoms with van der Waals surface area (Å²) >= 11 is 0. The number of nitrogens with one attached hydrogen (secondary N) is 2. The molecule has 6 heteroatoms. The highest BCUT2D eigenvalue weighted by molar-refractivity contribution is 5.79. The molecule has 0 saturated carbocycles. The van der Waals surface area contributed by atoms with Crippen molar-refractivity contribution in [2.45, 2.75) is 51.3 Å². The molecule has 0 bridgehead atoms. The lowest BCUT2D eigenvalue weighted by Crippen LogP contribution is -2.53. The zero-order chi connectivity index (χ0) is 16.0. The Balaban J connectivity index is 1.73. The number of hydrogen-bond acceptors (Lipinski definition) is 4. The molecule has 2 rings (SSSR count). The topological polar surface area (TPSA) is 58.1 Å². The van der Waals surface area contributed by atoms with Gasteiger partial charge in [0.05, 0.1) is 18.8 Å². The van der Waals surface area contributed by atoms with E-state index >= 15 is 0 Å². The molecule has 2 saturated heterocycles. The normalized spacial score (nSPS) is 32.0. The van der Waals surface area contributed by atoms with Gasteiger partial charge >= 0.3 is 0 Å². The minimum atomic E-state index is -0.0536. The van der Waals surface area contributed by atoms with Crippen molar-refractivity contribution >= 4 is 5.96 Å². The third-order valence-corrected chi connectivity index (χ3v) is 4.70. The highest BCUT2D eigenvalue weighted by atomic mass is 16.5. The Bertz CT molecular complexity index is 369. The third kappa shape index (κ3) is 4.83. The number of guanidine groups is 1. The molecule has 6 nitrogen and oxygen atoms in total. The number of morpholine rings is 1. The van der Waals surface area contributed by atoms with Crippen LogP contribution in [0.2, 0.25) is 0 Å². The summed E-state index contributed by atoms with van der Waals surface area (Å²) in [5, 5.41) is 6.82. The summed E-state index contributed by atoms with van der Waals surface area (Å²) in [5.74, 6) is 0.851. The Kier molecular flexibility index (Phi) is 6.47. The van der Waals surface area contributed by atoms with Gasteiger partial charge in [0.2, 0.25) is 0 Å². The zero-order valence-electron chi connectivity index (χ0n) is 14.5. The van der Waals surface area contributed by atoms with Gasteiger partial charge in [0, 0.05) is 45.4 Å². The molecule has 0 aromatic carbocycles. The van der Waals surface area contributed by atoms with Crippen molar-refractivity contribution in [3.05, 3.63) is 0 Å². The smallest absolute Gasteiger partial charge is 0.191 e. The van der Waals surface area contributed by atoms with Crippen LogP contribution in [0, 0.1) is 0 Å². The zero-order valence-corrected chi connectivity index (χ0v) is 14.5. The minimum absolute atomic E-state index is 0.0536. The van der Waals surface area contributed by atoms with E-state index in [1.165, 1.54) is 0 Å². The van der Waals surface area contributed by atoms with E-state index in [2.05, 4.69) is 41.3 Å². The summed E-state index contributed by atoms with van der Waals surface area (Å²) in [6, 6.07) is 0.932. The SMILES string of the molecule is CN=C(NCC(C)N1CCOCC1C)NCC1(C)CCCO1. The molecular formula is C16H32N4O2. The molecular weight excluding hydrogens is 280 g/mol. The van der Waals surface area contributed by atoms with Crippen molar-refractivity contribution in [1.29, 1.82) is 0 Å². The van der Waals surface area contributed by atoms with Gasteiger partial charge in [-0.3, -0.25) is 9.89 Å². The lowest BCUT2D eigenvalue weighted by atomic mass is 10.0. The van der Waals surface area contributed by atoms with Crippen LogP contribution in [0.15, 0.2) is 4.99 Å². The number of rotatable bonds is 5. The van der Waals surface area contributed by atoms with E-state index in [0.29, 0.717) is 12.1 Å². The monoisotopic (exact) mass is 312 g/mol. The van der Waals surface area contributed by atoms with Gasteiger partial charge in [0.1, 0.15) is 0 Å². The average Bonchev–Trinajstić information content (AvgIpc) is 2.94. The molecule has 0 aromatic heterocycles. The van der Waals surface area contributed by atoms with Crippen LogP contribution in [0.1, 0.15) is 33.6 Å². The van der Waals surface area contributed by atoms with Crippen LogP contribution in [-0.2, 0) is 9.47 Å². The first-order valence-corrected chi connectivity index (χ1v) is 8.46. The van der Waals surface area contributed by atoms with Gasteiger partial charge in [-0.2, -0.15) is 0 Å². The van der Waals surface area contributed by atoms with E-state index in [9.17, 15) is 0 Å². The van der Waals surface area contributed by atoms with Crippen LogP contribution in [-0.4, -0.2) is 75.0 Å². The van der Waals surface area contributed by atoms with Crippen molar-refractivity contribution in [1.82, 2.24) is 15.5 Å². The molecule has 0 amide bonds. The molecule has 0 aliphatic carbocycles. The van der Waals surface area contributed by atoms with Gasteiger partial charge in [0.15, 0.2) is 5.96 Å². The van der Waals surface area contributed by atoms with Gasteiger partial charge in [-0.15, -0.1) is 0 Å². The molecule has 2 fully saturated rings. The summed E-state index contributed by atoms with van der Waals surface area (Å²) in [6.45, 7) is 11.8. The van der Waals surface area contributed by atoms with Gasteiger partial charge in [0.25, 0.3) is 0 Å². The second-order valence-corrected chi connectivity index (χ2v) is 6.72. The van der Waals surface area contributed by atoms with E-state index in [1.807, 2.05) is 7.05 Å². The maximum absolute atomic E-state index is 5.80. The van der Waals surface area contributed by atoms with Crippen molar-refractivity contribution in [3.63, 3.8) is 0 Å². The molecule has 128 valence electrons.